The van der Waals surface area contributed by atoms with Crippen LogP contribution < -0.4 is 0 Å². The maximum absolute atomic E-state index is 5.86. The molecule has 0 saturated carbocycles. The van der Waals surface area contributed by atoms with Gasteiger partial charge in [-0.05, 0) is 27.7 Å². The molecule has 3 atom stereocenters. The summed E-state index contributed by atoms with van der Waals surface area (Å²) < 4.78 is 17.0. The van der Waals surface area contributed by atoms with Crippen molar-refractivity contribution < 1.29 is 14.2 Å². The highest BCUT2D eigenvalue weighted by Gasteiger charge is 2.50. The number of ether oxygens (including phenoxy) is 3. The van der Waals surface area contributed by atoms with Gasteiger partial charge in [-0.25, -0.2) is 0 Å². The van der Waals surface area contributed by atoms with Gasteiger partial charge >= 0.3 is 0 Å². The Morgan fingerprint density at radius 2 is 2.13 bits per heavy atom. The summed E-state index contributed by atoms with van der Waals surface area (Å²) in [4.78, 5) is 0. The van der Waals surface area contributed by atoms with Crippen LogP contribution in [0.5, 0.6) is 0 Å². The summed E-state index contributed by atoms with van der Waals surface area (Å²) in [5.41, 5.74) is 0.735. The first-order valence-corrected chi connectivity index (χ1v) is 5.33. The van der Waals surface area contributed by atoms with E-state index in [1.165, 1.54) is 0 Å². The van der Waals surface area contributed by atoms with E-state index >= 15 is 0 Å². The Bertz CT molecular complexity index is 251. The van der Waals surface area contributed by atoms with Crippen molar-refractivity contribution in [1.82, 2.24) is 0 Å². The van der Waals surface area contributed by atoms with Gasteiger partial charge < -0.3 is 14.2 Å². The molecule has 0 amide bonds. The summed E-state index contributed by atoms with van der Waals surface area (Å²) in [6, 6.07) is 0. The van der Waals surface area contributed by atoms with Gasteiger partial charge in [0.15, 0.2) is 5.79 Å². The summed E-state index contributed by atoms with van der Waals surface area (Å²) in [6.07, 6.45) is 0.770. The van der Waals surface area contributed by atoms with Crippen LogP contribution in [0, 0.1) is 0 Å². The van der Waals surface area contributed by atoms with Crippen molar-refractivity contribution >= 4 is 0 Å². The Hall–Kier alpha value is -0.380. The van der Waals surface area contributed by atoms with Crippen molar-refractivity contribution in [2.75, 3.05) is 13.7 Å². The lowest BCUT2D eigenvalue weighted by Gasteiger charge is -2.27. The minimum Gasteiger partial charge on any atom is -0.368 e. The highest BCUT2D eigenvalue weighted by Crippen LogP contribution is 2.40. The fraction of sp³-hybridized carbons (Fsp3) is 0.833. The monoisotopic (exact) mass is 214 g/mol. The normalized spacial score (nSPS) is 40.7. The van der Waals surface area contributed by atoms with E-state index in [0.717, 1.165) is 12.0 Å². The van der Waals surface area contributed by atoms with E-state index in [-0.39, 0.29) is 11.7 Å². The van der Waals surface area contributed by atoms with Gasteiger partial charge in [0, 0.05) is 13.5 Å². The van der Waals surface area contributed by atoms with Gasteiger partial charge in [-0.2, -0.15) is 0 Å². The fourth-order valence-electron chi connectivity index (χ4n) is 1.90. The number of rotatable bonds is 4. The molecule has 0 aromatic rings. The summed E-state index contributed by atoms with van der Waals surface area (Å²) in [5, 5.41) is 0. The van der Waals surface area contributed by atoms with Gasteiger partial charge in [-0.3, -0.25) is 0 Å². The molecule has 1 aliphatic rings. The third-order valence-corrected chi connectivity index (χ3v) is 3.04. The van der Waals surface area contributed by atoms with Crippen LogP contribution in [-0.2, 0) is 14.2 Å². The van der Waals surface area contributed by atoms with E-state index in [1.807, 2.05) is 20.8 Å². The molecule has 3 nitrogen and oxygen atoms in total. The number of methoxy groups -OCH3 is 1. The van der Waals surface area contributed by atoms with Crippen LogP contribution in [0.1, 0.15) is 34.1 Å². The lowest BCUT2D eigenvalue weighted by molar-refractivity contribution is -0.197. The highest BCUT2D eigenvalue weighted by molar-refractivity contribution is 4.97. The minimum absolute atomic E-state index is 0.0294. The number of hydrogen-bond acceptors (Lipinski definition) is 3. The maximum atomic E-state index is 5.86. The molecule has 3 heteroatoms. The van der Waals surface area contributed by atoms with Crippen molar-refractivity contribution in [2.45, 2.75) is 51.6 Å². The molecule has 0 N–H and O–H groups in total. The molecule has 1 aliphatic heterocycles. The Balaban J connectivity index is 2.65. The first-order valence-electron chi connectivity index (χ1n) is 5.33. The molecule has 0 aliphatic carbocycles. The van der Waals surface area contributed by atoms with E-state index in [4.69, 9.17) is 14.2 Å². The van der Waals surface area contributed by atoms with Crippen molar-refractivity contribution in [1.29, 1.82) is 0 Å². The standard InChI is InChI=1S/C12H22O3/c1-9(2)7-14-11(4)8-12(5,13-6)15-10(11)3/h10H,1,7-8H2,2-6H3. The topological polar surface area (TPSA) is 27.7 Å². The second kappa shape index (κ2) is 4.24. The SMILES string of the molecule is C=C(C)COC1(C)CC(C)(OC)OC1C. The molecule has 3 unspecified atom stereocenters. The quantitative estimate of drug-likeness (QED) is 0.673. The predicted octanol–water partition coefficient (Wildman–Crippen LogP) is 2.51. The zero-order chi connectivity index (χ0) is 11.7. The average Bonchev–Trinajstić information content (AvgIpc) is 2.36. The van der Waals surface area contributed by atoms with Gasteiger partial charge in [-0.15, -0.1) is 0 Å². The lowest BCUT2D eigenvalue weighted by Crippen LogP contribution is -2.37. The van der Waals surface area contributed by atoms with Crippen LogP contribution in [0.15, 0.2) is 12.2 Å². The first-order chi connectivity index (χ1) is 6.81. The Labute approximate surface area is 92.4 Å². The van der Waals surface area contributed by atoms with Gasteiger partial charge in [0.2, 0.25) is 0 Å². The Kier molecular flexibility index (Phi) is 3.59. The Morgan fingerprint density at radius 3 is 2.53 bits per heavy atom. The second-order valence-electron chi connectivity index (χ2n) is 4.83. The van der Waals surface area contributed by atoms with Crippen LogP contribution in [0.4, 0.5) is 0 Å². The molecule has 0 bridgehead atoms. The summed E-state index contributed by atoms with van der Waals surface area (Å²) in [5.74, 6) is -0.525. The molecule has 1 saturated heterocycles. The molecule has 1 heterocycles. The molecule has 15 heavy (non-hydrogen) atoms. The van der Waals surface area contributed by atoms with Gasteiger partial charge in [0.1, 0.15) is 0 Å². The maximum Gasteiger partial charge on any atom is 0.168 e. The van der Waals surface area contributed by atoms with Gasteiger partial charge in [-0.1, -0.05) is 12.2 Å². The van der Waals surface area contributed by atoms with E-state index < -0.39 is 5.79 Å². The van der Waals surface area contributed by atoms with Crippen LogP contribution >= 0.6 is 0 Å². The van der Waals surface area contributed by atoms with Crippen molar-refractivity contribution in [3.05, 3.63) is 12.2 Å². The molecule has 1 fully saturated rings. The third kappa shape index (κ3) is 2.80. The van der Waals surface area contributed by atoms with E-state index in [1.54, 1.807) is 7.11 Å². The molecule has 1 rings (SSSR count). The molecular weight excluding hydrogens is 192 g/mol. The first kappa shape index (κ1) is 12.7. The molecule has 88 valence electrons. The minimum atomic E-state index is -0.525. The largest absolute Gasteiger partial charge is 0.368 e. The molecule has 0 aromatic heterocycles. The molecule has 0 radical (unpaired) electrons. The van der Waals surface area contributed by atoms with Crippen molar-refractivity contribution in [3.8, 4) is 0 Å². The van der Waals surface area contributed by atoms with Crippen molar-refractivity contribution in [3.63, 3.8) is 0 Å². The average molecular weight is 214 g/mol. The summed E-state index contributed by atoms with van der Waals surface area (Å²) >= 11 is 0. The van der Waals surface area contributed by atoms with E-state index in [0.29, 0.717) is 6.61 Å². The van der Waals surface area contributed by atoms with Crippen LogP contribution in [-0.4, -0.2) is 31.2 Å². The predicted molar refractivity (Wildman–Crippen MR) is 59.7 cm³/mol. The second-order valence-corrected chi connectivity index (χ2v) is 4.83. The number of hydrogen-bond donors (Lipinski definition) is 0. The van der Waals surface area contributed by atoms with Crippen LogP contribution in [0.2, 0.25) is 0 Å². The fourth-order valence-corrected chi connectivity index (χ4v) is 1.90. The third-order valence-electron chi connectivity index (χ3n) is 3.04. The smallest absolute Gasteiger partial charge is 0.168 e. The molecular formula is C12H22O3. The van der Waals surface area contributed by atoms with Crippen LogP contribution in [0.25, 0.3) is 0 Å². The Morgan fingerprint density at radius 1 is 1.53 bits per heavy atom. The molecule has 0 aromatic carbocycles. The van der Waals surface area contributed by atoms with Gasteiger partial charge in [0.25, 0.3) is 0 Å². The van der Waals surface area contributed by atoms with E-state index in [2.05, 4.69) is 13.5 Å². The van der Waals surface area contributed by atoms with Crippen LogP contribution in [0.3, 0.4) is 0 Å². The highest BCUT2D eigenvalue weighted by atomic mass is 16.7. The summed E-state index contributed by atoms with van der Waals surface area (Å²) in [7, 11) is 1.66. The van der Waals surface area contributed by atoms with E-state index in [9.17, 15) is 0 Å². The zero-order valence-electron chi connectivity index (χ0n) is 10.4. The zero-order valence-corrected chi connectivity index (χ0v) is 10.4. The van der Waals surface area contributed by atoms with Gasteiger partial charge in [0.05, 0.1) is 18.3 Å². The van der Waals surface area contributed by atoms with Crippen molar-refractivity contribution in [2.24, 2.45) is 0 Å². The summed E-state index contributed by atoms with van der Waals surface area (Å²) in [6.45, 7) is 12.4. The lowest BCUT2D eigenvalue weighted by atomic mass is 9.95. The molecule has 0 spiro atoms.